The first-order valence-corrected chi connectivity index (χ1v) is 3.54. The summed E-state index contributed by atoms with van der Waals surface area (Å²) in [7, 11) is 0. The predicted octanol–water partition coefficient (Wildman–Crippen LogP) is 0.844. The van der Waals surface area contributed by atoms with Crippen LogP contribution in [0.25, 0.3) is 5.69 Å². The first kappa shape index (κ1) is 6.97. The monoisotopic (exact) mass is 159 g/mol. The molecule has 0 N–H and O–H groups in total. The third-order valence-corrected chi connectivity index (χ3v) is 1.53. The van der Waals surface area contributed by atoms with Crippen molar-refractivity contribution >= 4 is 0 Å². The minimum atomic E-state index is 0.543. The van der Waals surface area contributed by atoms with Gasteiger partial charge in [-0.1, -0.05) is 18.2 Å². The van der Waals surface area contributed by atoms with Gasteiger partial charge in [0.05, 0.1) is 5.69 Å². The van der Waals surface area contributed by atoms with Crippen LogP contribution >= 0.6 is 0 Å². The molecule has 0 saturated heterocycles. The Labute approximate surface area is 69.8 Å². The minimum Gasteiger partial charge on any atom is -0.197 e. The van der Waals surface area contributed by atoms with E-state index in [2.05, 4.69) is 22.4 Å². The third kappa shape index (κ3) is 1.07. The zero-order chi connectivity index (χ0) is 8.39. The van der Waals surface area contributed by atoms with Gasteiger partial charge in [0.1, 0.15) is 0 Å². The van der Waals surface area contributed by atoms with Gasteiger partial charge >= 0.3 is 0 Å². The number of para-hydroxylation sites is 1. The van der Waals surface area contributed by atoms with Crippen LogP contribution in [0.2, 0.25) is 0 Å². The second-order valence-corrected chi connectivity index (χ2v) is 2.34. The van der Waals surface area contributed by atoms with E-state index in [0.29, 0.717) is 5.82 Å². The number of nitrogens with zero attached hydrogens (tertiary/aromatic N) is 4. The molecule has 0 unspecified atom stereocenters. The fourth-order valence-electron chi connectivity index (χ4n) is 0.975. The van der Waals surface area contributed by atoms with Crippen LogP contribution in [-0.4, -0.2) is 20.2 Å². The van der Waals surface area contributed by atoms with E-state index < -0.39 is 0 Å². The summed E-state index contributed by atoms with van der Waals surface area (Å²) in [6, 6.07) is 9.64. The maximum Gasteiger partial charge on any atom is 0.157 e. The first-order valence-electron chi connectivity index (χ1n) is 3.54. The SMILES string of the molecule is [CH2]c1nnnn1-c1ccccc1. The van der Waals surface area contributed by atoms with E-state index in [-0.39, 0.29) is 0 Å². The molecule has 1 aromatic heterocycles. The Bertz CT molecular complexity index is 366. The van der Waals surface area contributed by atoms with Gasteiger partial charge < -0.3 is 0 Å². The summed E-state index contributed by atoms with van der Waals surface area (Å²) in [4.78, 5) is 0. The highest BCUT2D eigenvalue weighted by molar-refractivity contribution is 5.30. The molecule has 0 atom stereocenters. The average molecular weight is 159 g/mol. The molecule has 12 heavy (non-hydrogen) atoms. The van der Waals surface area contributed by atoms with E-state index in [1.54, 1.807) is 4.68 Å². The highest BCUT2D eigenvalue weighted by Gasteiger charge is 2.00. The Hall–Kier alpha value is -1.71. The lowest BCUT2D eigenvalue weighted by molar-refractivity contribution is 0.784. The Kier molecular flexibility index (Phi) is 1.59. The number of hydrogen-bond acceptors (Lipinski definition) is 3. The molecule has 0 aliphatic rings. The van der Waals surface area contributed by atoms with Gasteiger partial charge in [-0.2, -0.15) is 4.68 Å². The number of tetrazole rings is 1. The maximum absolute atomic E-state index is 3.78. The summed E-state index contributed by atoms with van der Waals surface area (Å²) in [5, 5.41) is 11.0. The van der Waals surface area contributed by atoms with Gasteiger partial charge in [-0.15, -0.1) is 5.10 Å². The van der Waals surface area contributed by atoms with Crippen molar-refractivity contribution in [2.24, 2.45) is 0 Å². The average Bonchev–Trinajstić information content (AvgIpc) is 2.53. The number of aromatic nitrogens is 4. The van der Waals surface area contributed by atoms with Crippen molar-refractivity contribution in [2.45, 2.75) is 0 Å². The summed E-state index contributed by atoms with van der Waals surface area (Å²) in [5.74, 6) is 0.543. The first-order chi connectivity index (χ1) is 5.88. The van der Waals surface area contributed by atoms with Crippen LogP contribution in [0.4, 0.5) is 0 Å². The lowest BCUT2D eigenvalue weighted by Gasteiger charge is -1.98. The third-order valence-electron chi connectivity index (χ3n) is 1.53. The molecule has 0 fully saturated rings. The van der Waals surface area contributed by atoms with E-state index in [1.165, 1.54) is 0 Å². The molecule has 4 heteroatoms. The van der Waals surface area contributed by atoms with E-state index in [1.807, 2.05) is 30.3 Å². The van der Waals surface area contributed by atoms with Crippen molar-refractivity contribution in [2.75, 3.05) is 0 Å². The van der Waals surface area contributed by atoms with Gasteiger partial charge in [-0.25, -0.2) is 0 Å². The molecule has 1 aromatic carbocycles. The summed E-state index contributed by atoms with van der Waals surface area (Å²) in [6.07, 6.45) is 0. The van der Waals surface area contributed by atoms with Crippen LogP contribution in [0.1, 0.15) is 5.82 Å². The molecule has 2 rings (SSSR count). The molecule has 0 spiro atoms. The minimum absolute atomic E-state index is 0.543. The van der Waals surface area contributed by atoms with E-state index in [0.717, 1.165) is 5.69 Å². The zero-order valence-corrected chi connectivity index (χ0v) is 6.38. The standard InChI is InChI=1S/C8H7N4/c1-7-9-10-11-12(7)8-5-3-2-4-6-8/h2-6H,1H2. The van der Waals surface area contributed by atoms with Crippen molar-refractivity contribution in [1.29, 1.82) is 0 Å². The molecule has 0 saturated carbocycles. The second kappa shape index (κ2) is 2.73. The molecule has 0 aliphatic carbocycles. The molecular weight excluding hydrogens is 152 g/mol. The van der Waals surface area contributed by atoms with Gasteiger partial charge in [0.15, 0.2) is 5.82 Å². The van der Waals surface area contributed by atoms with Crippen LogP contribution in [0.15, 0.2) is 30.3 Å². The summed E-state index contributed by atoms with van der Waals surface area (Å²) in [6.45, 7) is 3.68. The largest absolute Gasteiger partial charge is 0.197 e. The maximum atomic E-state index is 3.78. The van der Waals surface area contributed by atoms with Gasteiger partial charge in [0.2, 0.25) is 0 Å². The lowest BCUT2D eigenvalue weighted by Crippen LogP contribution is -1.98. The van der Waals surface area contributed by atoms with Crippen molar-refractivity contribution in [3.8, 4) is 5.69 Å². The van der Waals surface area contributed by atoms with Crippen LogP contribution in [0.5, 0.6) is 0 Å². The Morgan fingerprint density at radius 2 is 1.92 bits per heavy atom. The van der Waals surface area contributed by atoms with E-state index >= 15 is 0 Å². The van der Waals surface area contributed by atoms with Crippen LogP contribution in [-0.2, 0) is 0 Å². The van der Waals surface area contributed by atoms with Gasteiger partial charge in [0.25, 0.3) is 0 Å². The van der Waals surface area contributed by atoms with Crippen LogP contribution in [0.3, 0.4) is 0 Å². The summed E-state index contributed by atoms with van der Waals surface area (Å²) < 4.78 is 1.58. The molecular formula is C8H7N4. The predicted molar refractivity (Wildman–Crippen MR) is 43.6 cm³/mol. The number of hydrogen-bond donors (Lipinski definition) is 0. The van der Waals surface area contributed by atoms with Crippen molar-refractivity contribution in [1.82, 2.24) is 20.2 Å². The fourth-order valence-corrected chi connectivity index (χ4v) is 0.975. The van der Waals surface area contributed by atoms with Gasteiger partial charge in [-0.05, 0) is 22.6 Å². The fraction of sp³-hybridized carbons (Fsp3) is 0. The quantitative estimate of drug-likeness (QED) is 0.619. The molecule has 0 bridgehead atoms. The molecule has 0 aliphatic heterocycles. The molecule has 2 aromatic rings. The zero-order valence-electron chi connectivity index (χ0n) is 6.38. The molecule has 59 valence electrons. The lowest BCUT2D eigenvalue weighted by atomic mass is 10.3. The van der Waals surface area contributed by atoms with E-state index in [4.69, 9.17) is 0 Å². The topological polar surface area (TPSA) is 43.6 Å². The van der Waals surface area contributed by atoms with Gasteiger partial charge in [-0.3, -0.25) is 0 Å². The van der Waals surface area contributed by atoms with E-state index in [9.17, 15) is 0 Å². The highest BCUT2D eigenvalue weighted by atomic mass is 15.5. The van der Waals surface area contributed by atoms with Crippen molar-refractivity contribution in [3.63, 3.8) is 0 Å². The Morgan fingerprint density at radius 1 is 1.17 bits per heavy atom. The van der Waals surface area contributed by atoms with Crippen LogP contribution < -0.4 is 0 Å². The molecule has 0 amide bonds. The van der Waals surface area contributed by atoms with Crippen molar-refractivity contribution in [3.05, 3.63) is 43.1 Å². The number of benzene rings is 1. The molecule has 1 radical (unpaired) electrons. The van der Waals surface area contributed by atoms with Gasteiger partial charge in [0, 0.05) is 6.92 Å². The Morgan fingerprint density at radius 3 is 2.50 bits per heavy atom. The normalized spacial score (nSPS) is 10.1. The molecule has 1 heterocycles. The van der Waals surface area contributed by atoms with Crippen molar-refractivity contribution < 1.29 is 0 Å². The summed E-state index contributed by atoms with van der Waals surface area (Å²) in [5.41, 5.74) is 0.924. The Balaban J connectivity index is 2.51. The highest BCUT2D eigenvalue weighted by Crippen LogP contribution is 2.04. The van der Waals surface area contributed by atoms with Crippen LogP contribution in [0, 0.1) is 6.92 Å². The summed E-state index contributed by atoms with van der Waals surface area (Å²) >= 11 is 0. The smallest absolute Gasteiger partial charge is 0.157 e. The molecule has 4 nitrogen and oxygen atoms in total. The number of rotatable bonds is 1. The second-order valence-electron chi connectivity index (χ2n) is 2.34.